The maximum absolute atomic E-state index is 13.2. The SMILES string of the molecule is CCCCOC(C)(C)CC(COC(C)C)(COC(C)CCC(C)(CC)C(=O)ON1C(=O)CCC1=O)COC(C)(C)CCOC(C)(C)C(=O)ON1C(=O)CCC1=O. The smallest absolute Gasteiger partial charge is 0.364 e. The number of unbranched alkanes of at least 4 members (excludes halogenated alkanes) is 1. The number of hydroxylamine groups is 4. The van der Waals surface area contributed by atoms with Crippen LogP contribution in [0, 0.1) is 10.8 Å². The molecule has 56 heavy (non-hydrogen) atoms. The Labute approximate surface area is 334 Å². The summed E-state index contributed by atoms with van der Waals surface area (Å²) >= 11 is 0. The normalized spacial score (nSPS) is 18.4. The van der Waals surface area contributed by atoms with E-state index in [9.17, 15) is 28.8 Å². The number of rotatable bonds is 27. The predicted octanol–water partition coefficient (Wildman–Crippen LogP) is 6.18. The number of hydrogen-bond donors (Lipinski definition) is 0. The molecule has 2 saturated heterocycles. The van der Waals surface area contributed by atoms with Gasteiger partial charge in [-0.1, -0.05) is 20.3 Å². The molecule has 15 heteroatoms. The molecule has 0 aromatic rings. The third-order valence-electron chi connectivity index (χ3n) is 10.4. The summed E-state index contributed by atoms with van der Waals surface area (Å²) in [5.41, 5.74) is -4.35. The Morgan fingerprint density at radius 1 is 0.643 bits per heavy atom. The van der Waals surface area contributed by atoms with Crippen LogP contribution in [-0.4, -0.2) is 108 Å². The highest BCUT2D eigenvalue weighted by Crippen LogP contribution is 2.37. The Bertz CT molecular complexity index is 1330. The van der Waals surface area contributed by atoms with E-state index in [1.807, 2.05) is 55.4 Å². The molecule has 3 unspecified atom stereocenters. The lowest BCUT2D eigenvalue weighted by Crippen LogP contribution is -2.47. The first-order valence-corrected chi connectivity index (χ1v) is 20.2. The van der Waals surface area contributed by atoms with Gasteiger partial charge in [-0.2, -0.15) is 0 Å². The summed E-state index contributed by atoms with van der Waals surface area (Å²) in [4.78, 5) is 84.5. The van der Waals surface area contributed by atoms with Gasteiger partial charge in [-0.3, -0.25) is 19.2 Å². The van der Waals surface area contributed by atoms with E-state index in [0.717, 1.165) is 12.8 Å². The quantitative estimate of drug-likeness (QED) is 0.0682. The summed E-state index contributed by atoms with van der Waals surface area (Å²) < 4.78 is 31.8. The monoisotopic (exact) mass is 798 g/mol. The predicted molar refractivity (Wildman–Crippen MR) is 205 cm³/mol. The van der Waals surface area contributed by atoms with Crippen LogP contribution in [0.5, 0.6) is 0 Å². The van der Waals surface area contributed by atoms with Crippen LogP contribution in [0.4, 0.5) is 0 Å². The topological polar surface area (TPSA) is 174 Å². The zero-order valence-corrected chi connectivity index (χ0v) is 36.2. The Morgan fingerprint density at radius 3 is 1.66 bits per heavy atom. The summed E-state index contributed by atoms with van der Waals surface area (Å²) in [6.45, 7) is 24.1. The highest BCUT2D eigenvalue weighted by molar-refractivity contribution is 6.02. The number of carbonyl (C=O) groups is 6. The van der Waals surface area contributed by atoms with Crippen molar-refractivity contribution in [3.63, 3.8) is 0 Å². The molecule has 2 rings (SSSR count). The first-order valence-electron chi connectivity index (χ1n) is 20.2. The molecule has 3 atom stereocenters. The van der Waals surface area contributed by atoms with Gasteiger partial charge in [-0.25, -0.2) is 9.59 Å². The van der Waals surface area contributed by atoms with Crippen molar-refractivity contribution in [2.45, 2.75) is 183 Å². The molecule has 322 valence electrons. The van der Waals surface area contributed by atoms with Gasteiger partial charge in [0, 0.05) is 37.7 Å². The Hall–Kier alpha value is -2.98. The zero-order valence-electron chi connectivity index (χ0n) is 36.2. The zero-order chi connectivity index (χ0) is 42.5. The maximum Gasteiger partial charge on any atom is 0.364 e. The first kappa shape index (κ1) is 49.2. The van der Waals surface area contributed by atoms with E-state index in [1.54, 1.807) is 6.92 Å². The summed E-state index contributed by atoms with van der Waals surface area (Å²) in [6.07, 6.45) is 3.87. The van der Waals surface area contributed by atoms with Crippen molar-refractivity contribution in [3.8, 4) is 0 Å². The van der Waals surface area contributed by atoms with Crippen molar-refractivity contribution in [1.82, 2.24) is 10.1 Å². The van der Waals surface area contributed by atoms with Crippen LogP contribution in [0.1, 0.15) is 154 Å². The minimum Gasteiger partial charge on any atom is -0.378 e. The van der Waals surface area contributed by atoms with Crippen LogP contribution in [0.25, 0.3) is 0 Å². The van der Waals surface area contributed by atoms with E-state index in [0.29, 0.717) is 55.4 Å². The van der Waals surface area contributed by atoms with E-state index in [1.165, 1.54) is 13.8 Å². The van der Waals surface area contributed by atoms with E-state index < -0.39 is 63.2 Å². The van der Waals surface area contributed by atoms with Gasteiger partial charge in [-0.15, -0.1) is 10.1 Å². The van der Waals surface area contributed by atoms with Crippen LogP contribution in [0.15, 0.2) is 0 Å². The van der Waals surface area contributed by atoms with Crippen LogP contribution in [0.3, 0.4) is 0 Å². The fraction of sp³-hybridized carbons (Fsp3) is 0.854. The fourth-order valence-corrected chi connectivity index (χ4v) is 6.15. The van der Waals surface area contributed by atoms with Crippen LogP contribution < -0.4 is 0 Å². The Kier molecular flexibility index (Phi) is 18.6. The van der Waals surface area contributed by atoms with Crippen molar-refractivity contribution < 1.29 is 62.1 Å². The lowest BCUT2D eigenvalue weighted by atomic mass is 9.79. The fourth-order valence-electron chi connectivity index (χ4n) is 6.15. The second-order valence-corrected chi connectivity index (χ2v) is 17.7. The lowest BCUT2D eigenvalue weighted by molar-refractivity contribution is -0.213. The summed E-state index contributed by atoms with van der Waals surface area (Å²) in [7, 11) is 0. The highest BCUT2D eigenvalue weighted by Gasteiger charge is 2.43. The van der Waals surface area contributed by atoms with Crippen molar-refractivity contribution in [2.75, 3.05) is 33.0 Å². The lowest BCUT2D eigenvalue weighted by Gasteiger charge is -2.42. The first-order chi connectivity index (χ1) is 25.9. The van der Waals surface area contributed by atoms with Gasteiger partial charge in [0.15, 0.2) is 5.60 Å². The van der Waals surface area contributed by atoms with Crippen molar-refractivity contribution in [2.24, 2.45) is 10.8 Å². The number of imide groups is 2. The van der Waals surface area contributed by atoms with Crippen molar-refractivity contribution >= 4 is 35.6 Å². The molecular weight excluding hydrogens is 728 g/mol. The third kappa shape index (κ3) is 15.4. The van der Waals surface area contributed by atoms with E-state index >= 15 is 0 Å². The average molecular weight is 799 g/mol. The van der Waals surface area contributed by atoms with E-state index in [4.69, 9.17) is 33.4 Å². The molecule has 0 aliphatic carbocycles. The molecule has 2 fully saturated rings. The van der Waals surface area contributed by atoms with Crippen LogP contribution >= 0.6 is 0 Å². The van der Waals surface area contributed by atoms with Crippen LogP contribution in [-0.2, 0) is 62.1 Å². The largest absolute Gasteiger partial charge is 0.378 e. The summed E-state index contributed by atoms with van der Waals surface area (Å²) in [6, 6.07) is 0. The second-order valence-electron chi connectivity index (χ2n) is 17.7. The van der Waals surface area contributed by atoms with Gasteiger partial charge in [0.25, 0.3) is 23.6 Å². The van der Waals surface area contributed by atoms with Gasteiger partial charge in [-0.05, 0) is 108 Å². The van der Waals surface area contributed by atoms with Gasteiger partial charge < -0.3 is 33.4 Å². The van der Waals surface area contributed by atoms with Gasteiger partial charge in [0.1, 0.15) is 0 Å². The Morgan fingerprint density at radius 2 is 1.16 bits per heavy atom. The van der Waals surface area contributed by atoms with Crippen molar-refractivity contribution in [1.29, 1.82) is 0 Å². The molecule has 2 heterocycles. The van der Waals surface area contributed by atoms with Gasteiger partial charge >= 0.3 is 11.9 Å². The highest BCUT2D eigenvalue weighted by atomic mass is 16.7. The molecule has 0 spiro atoms. The van der Waals surface area contributed by atoms with Crippen molar-refractivity contribution in [3.05, 3.63) is 0 Å². The molecule has 0 aromatic heterocycles. The number of amides is 4. The molecule has 15 nitrogen and oxygen atoms in total. The third-order valence-corrected chi connectivity index (χ3v) is 10.4. The molecule has 4 amide bonds. The molecule has 0 radical (unpaired) electrons. The number of ether oxygens (including phenoxy) is 5. The van der Waals surface area contributed by atoms with Gasteiger partial charge in [0.2, 0.25) is 0 Å². The molecule has 0 saturated carbocycles. The Balaban J connectivity index is 2.18. The van der Waals surface area contributed by atoms with E-state index in [2.05, 4.69) is 6.92 Å². The second kappa shape index (κ2) is 21.1. The molecular formula is C41H70N2O13. The van der Waals surface area contributed by atoms with Gasteiger partial charge in [0.05, 0.1) is 55.3 Å². The molecule has 0 N–H and O–H groups in total. The standard InChI is InChI=1S/C41H70N2O13/c1-13-15-23-52-38(8,9)25-41(26-50-29(3)4,27-51-30(5)20-21-40(12,14-2)36(49)56-43-33(46)18-19-34(43)47)28-54-37(6,7)22-24-53-39(10,11)35(48)55-42-31(44)16-17-32(42)45/h29-30H,13-28H2,1-12H3. The summed E-state index contributed by atoms with van der Waals surface area (Å²) in [5.74, 6) is -3.64. The molecule has 2 aliphatic rings. The summed E-state index contributed by atoms with van der Waals surface area (Å²) in [5, 5.41) is 1.10. The number of carbonyl (C=O) groups excluding carboxylic acids is 6. The minimum atomic E-state index is -1.44. The van der Waals surface area contributed by atoms with Crippen LogP contribution in [0.2, 0.25) is 0 Å². The average Bonchev–Trinajstić information content (AvgIpc) is 3.61. The molecule has 2 aliphatic heterocycles. The molecule has 0 aromatic carbocycles. The molecule has 0 bridgehead atoms. The number of hydrogen-bond acceptors (Lipinski definition) is 13. The maximum atomic E-state index is 13.2. The minimum absolute atomic E-state index is 0.00354. The number of nitrogens with zero attached hydrogens (tertiary/aromatic N) is 2. The van der Waals surface area contributed by atoms with E-state index in [-0.39, 0.29) is 57.7 Å².